The molecule has 1 aromatic carbocycles. The molecule has 0 bridgehead atoms. The molecule has 1 N–H and O–H groups in total. The van der Waals surface area contributed by atoms with Crippen LogP contribution in [0.3, 0.4) is 0 Å². The highest BCUT2D eigenvalue weighted by atomic mass is 16.2. The van der Waals surface area contributed by atoms with Gasteiger partial charge in [-0.2, -0.15) is 5.10 Å². The smallest absolute Gasteiger partial charge is 0.254 e. The minimum atomic E-state index is -0.618. The summed E-state index contributed by atoms with van der Waals surface area (Å²) in [5.41, 5.74) is 2.75. The van der Waals surface area contributed by atoms with Gasteiger partial charge in [-0.1, -0.05) is 18.2 Å². The maximum atomic E-state index is 12.9. The number of para-hydroxylation sites is 1. The van der Waals surface area contributed by atoms with Gasteiger partial charge in [0.05, 0.1) is 10.9 Å². The molecule has 0 radical (unpaired) electrons. The van der Waals surface area contributed by atoms with Gasteiger partial charge in [0.1, 0.15) is 0 Å². The first kappa shape index (κ1) is 14.2. The van der Waals surface area contributed by atoms with Crippen molar-refractivity contribution in [2.75, 3.05) is 18.4 Å². The lowest BCUT2D eigenvalue weighted by atomic mass is 9.81. The zero-order valence-electron chi connectivity index (χ0n) is 13.5. The second kappa shape index (κ2) is 4.92. The van der Waals surface area contributed by atoms with Gasteiger partial charge in [-0.25, -0.2) is 4.52 Å². The summed E-state index contributed by atoms with van der Waals surface area (Å²) < 4.78 is 1.73. The minimum absolute atomic E-state index is 0.00441. The standard InChI is InChI=1S/C19H16N4O2/c24-17(13-6-9-23-14(11-13)5-8-20-23)22-10-7-19(12-22)15-3-1-2-4-16(15)21-18(19)25/h1-6,8-9,11H,7,10,12H2,(H,21,25). The topological polar surface area (TPSA) is 66.7 Å². The molecule has 0 aliphatic carbocycles. The van der Waals surface area contributed by atoms with Crippen LogP contribution in [0, 0.1) is 0 Å². The fourth-order valence-corrected chi connectivity index (χ4v) is 4.00. The van der Waals surface area contributed by atoms with E-state index in [4.69, 9.17) is 0 Å². The van der Waals surface area contributed by atoms with Crippen LogP contribution in [0.4, 0.5) is 5.69 Å². The predicted molar refractivity (Wildman–Crippen MR) is 92.5 cm³/mol. The third-order valence-corrected chi connectivity index (χ3v) is 5.33. The Hall–Kier alpha value is -3.15. The Bertz CT molecular complexity index is 1020. The van der Waals surface area contributed by atoms with E-state index in [-0.39, 0.29) is 11.8 Å². The van der Waals surface area contributed by atoms with Crippen molar-refractivity contribution in [2.24, 2.45) is 0 Å². The number of pyridine rings is 1. The Morgan fingerprint density at radius 1 is 1.20 bits per heavy atom. The van der Waals surface area contributed by atoms with Crippen molar-refractivity contribution in [1.82, 2.24) is 14.5 Å². The molecule has 1 spiro atoms. The van der Waals surface area contributed by atoms with Crippen LogP contribution in [-0.4, -0.2) is 39.4 Å². The van der Waals surface area contributed by atoms with Gasteiger partial charge in [0.15, 0.2) is 0 Å². The quantitative estimate of drug-likeness (QED) is 0.742. The molecule has 1 saturated heterocycles. The van der Waals surface area contributed by atoms with Crippen molar-refractivity contribution in [3.05, 3.63) is 66.0 Å². The number of fused-ring (bicyclic) bond motifs is 3. The highest BCUT2D eigenvalue weighted by molar-refractivity contribution is 6.07. The molecule has 5 rings (SSSR count). The zero-order chi connectivity index (χ0) is 17.0. The second-order valence-electron chi connectivity index (χ2n) is 6.67. The summed E-state index contributed by atoms with van der Waals surface area (Å²) in [5.74, 6) is -0.0481. The number of amides is 2. The van der Waals surface area contributed by atoms with Crippen LogP contribution in [-0.2, 0) is 10.2 Å². The summed E-state index contributed by atoms with van der Waals surface area (Å²) >= 11 is 0. The normalized spacial score (nSPS) is 21.8. The Labute approximate surface area is 144 Å². The fourth-order valence-electron chi connectivity index (χ4n) is 4.00. The van der Waals surface area contributed by atoms with E-state index in [1.54, 1.807) is 27.9 Å². The molecule has 2 aliphatic rings. The summed E-state index contributed by atoms with van der Waals surface area (Å²) in [5, 5.41) is 7.11. The Morgan fingerprint density at radius 2 is 2.08 bits per heavy atom. The zero-order valence-corrected chi connectivity index (χ0v) is 13.5. The number of nitrogens with one attached hydrogen (secondary N) is 1. The molecule has 124 valence electrons. The van der Waals surface area contributed by atoms with Crippen LogP contribution in [0.1, 0.15) is 22.3 Å². The van der Waals surface area contributed by atoms with E-state index in [9.17, 15) is 9.59 Å². The van der Waals surface area contributed by atoms with Gasteiger partial charge < -0.3 is 10.2 Å². The summed E-state index contributed by atoms with van der Waals surface area (Å²) in [4.78, 5) is 27.4. The first-order chi connectivity index (χ1) is 12.2. The molecule has 6 nitrogen and oxygen atoms in total. The van der Waals surface area contributed by atoms with Crippen LogP contribution in [0.2, 0.25) is 0 Å². The molecule has 2 aromatic heterocycles. The third kappa shape index (κ3) is 1.94. The number of rotatable bonds is 1. The van der Waals surface area contributed by atoms with Crippen molar-refractivity contribution in [2.45, 2.75) is 11.8 Å². The Balaban J connectivity index is 1.47. The molecule has 2 aliphatic heterocycles. The monoisotopic (exact) mass is 332 g/mol. The van der Waals surface area contributed by atoms with Gasteiger partial charge >= 0.3 is 0 Å². The van der Waals surface area contributed by atoms with Gasteiger partial charge in [0.2, 0.25) is 5.91 Å². The van der Waals surface area contributed by atoms with Crippen molar-refractivity contribution in [3.63, 3.8) is 0 Å². The first-order valence-corrected chi connectivity index (χ1v) is 8.31. The summed E-state index contributed by atoms with van der Waals surface area (Å²) in [6, 6.07) is 13.2. The second-order valence-corrected chi connectivity index (χ2v) is 6.67. The number of nitrogens with zero attached hydrogens (tertiary/aromatic N) is 3. The molecule has 0 saturated carbocycles. The summed E-state index contributed by atoms with van der Waals surface area (Å²) in [7, 11) is 0. The van der Waals surface area contributed by atoms with Gasteiger partial charge in [-0.05, 0) is 36.2 Å². The lowest BCUT2D eigenvalue weighted by molar-refractivity contribution is -0.120. The lowest BCUT2D eigenvalue weighted by Gasteiger charge is -2.22. The van der Waals surface area contributed by atoms with Gasteiger partial charge in [-0.15, -0.1) is 0 Å². The van der Waals surface area contributed by atoms with Crippen molar-refractivity contribution < 1.29 is 9.59 Å². The number of aromatic nitrogens is 2. The fraction of sp³-hybridized carbons (Fsp3) is 0.211. The molecule has 25 heavy (non-hydrogen) atoms. The van der Waals surface area contributed by atoms with Crippen LogP contribution < -0.4 is 5.32 Å². The Morgan fingerprint density at radius 3 is 3.00 bits per heavy atom. The maximum absolute atomic E-state index is 12.9. The number of benzene rings is 1. The van der Waals surface area contributed by atoms with E-state index in [0.717, 1.165) is 16.8 Å². The van der Waals surface area contributed by atoms with Crippen LogP contribution in [0.25, 0.3) is 5.52 Å². The average molecular weight is 332 g/mol. The van der Waals surface area contributed by atoms with Crippen LogP contribution >= 0.6 is 0 Å². The van der Waals surface area contributed by atoms with Crippen molar-refractivity contribution >= 4 is 23.0 Å². The maximum Gasteiger partial charge on any atom is 0.254 e. The molecule has 6 heteroatoms. The molecule has 1 unspecified atom stereocenters. The van der Waals surface area contributed by atoms with Gasteiger partial charge in [0, 0.05) is 36.7 Å². The van der Waals surface area contributed by atoms with E-state index >= 15 is 0 Å². The predicted octanol–water partition coefficient (Wildman–Crippen LogP) is 2.07. The van der Waals surface area contributed by atoms with E-state index in [1.165, 1.54) is 0 Å². The number of anilines is 1. The lowest BCUT2D eigenvalue weighted by Crippen LogP contribution is -2.39. The van der Waals surface area contributed by atoms with Crippen molar-refractivity contribution in [1.29, 1.82) is 0 Å². The van der Waals surface area contributed by atoms with E-state index < -0.39 is 5.41 Å². The molecule has 3 aromatic rings. The summed E-state index contributed by atoms with van der Waals surface area (Å²) in [6.07, 6.45) is 4.14. The number of hydrogen-bond donors (Lipinski definition) is 1. The minimum Gasteiger partial charge on any atom is -0.337 e. The summed E-state index contributed by atoms with van der Waals surface area (Å²) in [6.45, 7) is 0.990. The molecule has 1 atom stereocenters. The molecule has 1 fully saturated rings. The Kier molecular flexibility index (Phi) is 2.80. The molecular formula is C19H16N4O2. The van der Waals surface area contributed by atoms with Crippen LogP contribution in [0.5, 0.6) is 0 Å². The highest BCUT2D eigenvalue weighted by Gasteiger charge is 2.51. The average Bonchev–Trinajstić information content (AvgIpc) is 3.34. The number of carbonyl (C=O) groups is 2. The number of hydrogen-bond acceptors (Lipinski definition) is 3. The third-order valence-electron chi connectivity index (χ3n) is 5.33. The largest absolute Gasteiger partial charge is 0.337 e. The first-order valence-electron chi connectivity index (χ1n) is 8.31. The van der Waals surface area contributed by atoms with Gasteiger partial charge in [-0.3, -0.25) is 9.59 Å². The number of likely N-dealkylation sites (tertiary alicyclic amines) is 1. The highest BCUT2D eigenvalue weighted by Crippen LogP contribution is 2.44. The number of carbonyl (C=O) groups excluding carboxylic acids is 2. The van der Waals surface area contributed by atoms with Crippen molar-refractivity contribution in [3.8, 4) is 0 Å². The van der Waals surface area contributed by atoms with E-state index in [1.807, 2.05) is 36.4 Å². The van der Waals surface area contributed by atoms with E-state index in [0.29, 0.717) is 25.1 Å². The van der Waals surface area contributed by atoms with E-state index in [2.05, 4.69) is 10.4 Å². The van der Waals surface area contributed by atoms with Crippen LogP contribution in [0.15, 0.2) is 54.9 Å². The SMILES string of the molecule is O=C(c1ccn2nccc2c1)N1CCC2(C1)C(=O)Nc1ccccc12. The molecule has 2 amide bonds. The molecular weight excluding hydrogens is 316 g/mol. The molecule has 4 heterocycles. The van der Waals surface area contributed by atoms with Gasteiger partial charge in [0.25, 0.3) is 5.91 Å².